The van der Waals surface area contributed by atoms with Crippen LogP contribution in [-0.4, -0.2) is 28.9 Å². The molecule has 1 saturated heterocycles. The Labute approximate surface area is 225 Å². The van der Waals surface area contributed by atoms with E-state index in [2.05, 4.69) is 15.5 Å². The van der Waals surface area contributed by atoms with Gasteiger partial charge in [-0.15, -0.1) is 0 Å². The molecule has 8 rings (SSSR count). The number of pyridine rings is 1. The van der Waals surface area contributed by atoms with Crippen molar-refractivity contribution in [1.29, 1.82) is 0 Å². The van der Waals surface area contributed by atoms with Crippen LogP contribution in [0.1, 0.15) is 44.1 Å². The van der Waals surface area contributed by atoms with Crippen LogP contribution in [0.15, 0.2) is 102 Å². The number of carbonyl (C=O) groups excluding carboxylic acids is 3. The van der Waals surface area contributed by atoms with Gasteiger partial charge in [0.2, 0.25) is 11.8 Å². The van der Waals surface area contributed by atoms with Gasteiger partial charge in [0, 0.05) is 30.1 Å². The van der Waals surface area contributed by atoms with E-state index in [4.69, 9.17) is 0 Å². The topological polar surface area (TPSA) is 91.7 Å². The summed E-state index contributed by atoms with van der Waals surface area (Å²) in [5, 5.41) is 4.44. The number of anilines is 1. The molecule has 0 saturated carbocycles. The van der Waals surface area contributed by atoms with Crippen LogP contribution in [0.4, 0.5) is 5.69 Å². The van der Waals surface area contributed by atoms with Crippen LogP contribution in [0.25, 0.3) is 0 Å². The van der Waals surface area contributed by atoms with Crippen molar-refractivity contribution in [1.82, 2.24) is 10.4 Å². The van der Waals surface area contributed by atoms with Gasteiger partial charge in [0.25, 0.3) is 5.91 Å². The lowest BCUT2D eigenvalue weighted by Gasteiger charge is -2.52. The maximum Gasteiger partial charge on any atom is 0.271 e. The Balaban J connectivity index is 1.41. The number of hydrogen-bond donors (Lipinski definition) is 1. The summed E-state index contributed by atoms with van der Waals surface area (Å²) in [5.74, 6) is -2.40. The van der Waals surface area contributed by atoms with Gasteiger partial charge in [-0.1, -0.05) is 66.2 Å². The minimum Gasteiger partial charge on any atom is -0.274 e. The predicted molar refractivity (Wildman–Crippen MR) is 146 cm³/mol. The molecular weight excluding hydrogens is 488 g/mol. The zero-order valence-electron chi connectivity index (χ0n) is 21.1. The van der Waals surface area contributed by atoms with E-state index in [-0.39, 0.29) is 23.6 Å². The third kappa shape index (κ3) is 3.19. The average molecular weight is 513 g/mol. The van der Waals surface area contributed by atoms with E-state index in [9.17, 15) is 14.4 Å². The van der Waals surface area contributed by atoms with Crippen molar-refractivity contribution in [3.05, 3.63) is 131 Å². The zero-order chi connectivity index (χ0) is 26.7. The summed E-state index contributed by atoms with van der Waals surface area (Å²) in [6.07, 6.45) is 4.75. The Bertz CT molecular complexity index is 1630. The molecule has 3 amide bonds. The highest BCUT2D eigenvalue weighted by atomic mass is 16.2. The molecule has 3 aromatic carbocycles. The lowest BCUT2D eigenvalue weighted by molar-refractivity contribution is -0.122. The van der Waals surface area contributed by atoms with Crippen molar-refractivity contribution in [2.45, 2.75) is 18.3 Å². The van der Waals surface area contributed by atoms with Gasteiger partial charge in [0.1, 0.15) is 0 Å². The number of aromatic nitrogens is 1. The number of hydrogen-bond acceptors (Lipinski definition) is 5. The third-order valence-corrected chi connectivity index (χ3v) is 8.35. The summed E-state index contributed by atoms with van der Waals surface area (Å²) >= 11 is 0. The third-order valence-electron chi connectivity index (χ3n) is 8.35. The van der Waals surface area contributed by atoms with E-state index in [1.165, 1.54) is 4.90 Å². The molecule has 2 heterocycles. The molecular formula is C32H24N4O3. The number of imide groups is 1. The van der Waals surface area contributed by atoms with Crippen LogP contribution in [0.3, 0.4) is 0 Å². The van der Waals surface area contributed by atoms with Crippen molar-refractivity contribution in [2.24, 2.45) is 16.9 Å². The van der Waals surface area contributed by atoms with Gasteiger partial charge in [-0.2, -0.15) is 5.10 Å². The van der Waals surface area contributed by atoms with Gasteiger partial charge in [0.15, 0.2) is 0 Å². The van der Waals surface area contributed by atoms with Crippen molar-refractivity contribution in [3.8, 4) is 0 Å². The second-order valence-electron chi connectivity index (χ2n) is 10.3. The van der Waals surface area contributed by atoms with E-state index in [0.29, 0.717) is 11.3 Å². The Kier molecular flexibility index (Phi) is 5.10. The fourth-order valence-electron chi connectivity index (χ4n) is 6.76. The number of amides is 3. The lowest BCUT2D eigenvalue weighted by Crippen LogP contribution is -2.54. The first-order chi connectivity index (χ1) is 19.0. The number of hydrazone groups is 1. The minimum atomic E-state index is -1.04. The van der Waals surface area contributed by atoms with E-state index in [1.54, 1.807) is 30.7 Å². The maximum absolute atomic E-state index is 14.3. The molecule has 190 valence electrons. The number of rotatable bonds is 4. The van der Waals surface area contributed by atoms with Gasteiger partial charge >= 0.3 is 0 Å². The molecule has 0 unspecified atom stereocenters. The second-order valence-corrected chi connectivity index (χ2v) is 10.3. The first-order valence-corrected chi connectivity index (χ1v) is 12.9. The van der Waals surface area contributed by atoms with Crippen LogP contribution in [0.5, 0.6) is 0 Å². The van der Waals surface area contributed by atoms with Crippen molar-refractivity contribution in [3.63, 3.8) is 0 Å². The standard InChI is InChI=1S/C32H24N4O3/c1-19-10-12-21(13-11-19)36-30(38)27-26-22-6-2-4-8-24(22)32(28(27)31(36)39,25-9-5-3-7-23(25)26)18-34-35-29(37)20-14-16-33-17-15-20/h2-18,26-28H,1H3,(H,35,37)/b34-18+/t26?,27-,28+,32?/m1/s1. The molecule has 4 aromatic rings. The maximum atomic E-state index is 14.3. The summed E-state index contributed by atoms with van der Waals surface area (Å²) < 4.78 is 0. The lowest BCUT2D eigenvalue weighted by atomic mass is 9.47. The van der Waals surface area contributed by atoms with E-state index < -0.39 is 17.3 Å². The van der Waals surface area contributed by atoms with Crippen LogP contribution in [0.2, 0.25) is 0 Å². The van der Waals surface area contributed by atoms with Crippen LogP contribution < -0.4 is 10.3 Å². The highest BCUT2D eigenvalue weighted by molar-refractivity contribution is 6.25. The monoisotopic (exact) mass is 512 g/mol. The molecule has 1 aromatic heterocycles. The van der Waals surface area contributed by atoms with Crippen molar-refractivity contribution in [2.75, 3.05) is 4.90 Å². The molecule has 1 N–H and O–H groups in total. The number of aryl methyl sites for hydroxylation is 1. The normalized spacial score (nSPS) is 24.4. The van der Waals surface area contributed by atoms with Crippen molar-refractivity contribution >= 4 is 29.6 Å². The van der Waals surface area contributed by atoms with Crippen LogP contribution in [-0.2, 0) is 15.0 Å². The summed E-state index contributed by atoms with van der Waals surface area (Å²) in [7, 11) is 0. The van der Waals surface area contributed by atoms with E-state index in [0.717, 1.165) is 27.8 Å². The first kappa shape index (κ1) is 23.2. The summed E-state index contributed by atoms with van der Waals surface area (Å²) in [5.41, 5.74) is 7.51. The largest absolute Gasteiger partial charge is 0.274 e. The molecule has 39 heavy (non-hydrogen) atoms. The van der Waals surface area contributed by atoms with Crippen molar-refractivity contribution < 1.29 is 14.4 Å². The van der Waals surface area contributed by atoms with Crippen LogP contribution >= 0.6 is 0 Å². The predicted octanol–water partition coefficient (Wildman–Crippen LogP) is 4.36. The van der Waals surface area contributed by atoms with E-state index in [1.807, 2.05) is 79.7 Å². The smallest absolute Gasteiger partial charge is 0.271 e. The van der Waals surface area contributed by atoms with E-state index >= 15 is 0 Å². The molecule has 0 radical (unpaired) electrons. The molecule has 0 spiro atoms. The van der Waals surface area contributed by atoms with Crippen LogP contribution in [0, 0.1) is 18.8 Å². The quantitative estimate of drug-likeness (QED) is 0.250. The highest BCUT2D eigenvalue weighted by Gasteiger charge is 2.68. The Morgan fingerprint density at radius 3 is 2.13 bits per heavy atom. The molecule has 1 aliphatic heterocycles. The fourth-order valence-corrected chi connectivity index (χ4v) is 6.76. The second kappa shape index (κ2) is 8.56. The number of carbonyl (C=O) groups is 3. The molecule has 7 nitrogen and oxygen atoms in total. The molecule has 7 heteroatoms. The van der Waals surface area contributed by atoms with Gasteiger partial charge < -0.3 is 0 Å². The zero-order valence-corrected chi connectivity index (χ0v) is 21.1. The molecule has 2 atom stereocenters. The summed E-state index contributed by atoms with van der Waals surface area (Å²) in [6.45, 7) is 1.97. The fraction of sp³-hybridized carbons (Fsp3) is 0.156. The van der Waals surface area contributed by atoms with Gasteiger partial charge in [-0.05, 0) is 53.4 Å². The SMILES string of the molecule is Cc1ccc(N2C(=O)[C@@H]3C4c5ccccc5C(/C=N/NC(=O)c5ccncc5)(c5ccccc54)[C@@H]3C2=O)cc1. The Morgan fingerprint density at radius 1 is 0.872 bits per heavy atom. The number of nitrogens with zero attached hydrogens (tertiary/aromatic N) is 3. The Hall–Kier alpha value is -4.91. The molecule has 4 aliphatic rings. The summed E-state index contributed by atoms with van der Waals surface area (Å²) in [4.78, 5) is 46.6. The summed E-state index contributed by atoms with van der Waals surface area (Å²) in [6, 6.07) is 26.6. The van der Waals surface area contributed by atoms with Gasteiger partial charge in [0.05, 0.1) is 22.9 Å². The average Bonchev–Trinajstić information content (AvgIpc) is 3.25. The number of benzene rings is 3. The first-order valence-electron chi connectivity index (χ1n) is 12.9. The minimum absolute atomic E-state index is 0.207. The molecule has 2 bridgehead atoms. The molecule has 3 aliphatic carbocycles. The number of nitrogens with one attached hydrogen (secondary N) is 1. The Morgan fingerprint density at radius 2 is 1.49 bits per heavy atom. The molecule has 1 fully saturated rings. The van der Waals surface area contributed by atoms with Gasteiger partial charge in [-0.25, -0.2) is 10.3 Å². The highest BCUT2D eigenvalue weighted by Crippen LogP contribution is 2.63. The van der Waals surface area contributed by atoms with Gasteiger partial charge in [-0.3, -0.25) is 19.4 Å².